The van der Waals surface area contributed by atoms with Gasteiger partial charge in [0.15, 0.2) is 0 Å². The van der Waals surface area contributed by atoms with E-state index in [0.717, 1.165) is 94.5 Å². The van der Waals surface area contributed by atoms with Gasteiger partial charge in [0.1, 0.15) is 57.8 Å². The van der Waals surface area contributed by atoms with Gasteiger partial charge in [0.25, 0.3) is 0 Å². The molecule has 0 bridgehead atoms. The van der Waals surface area contributed by atoms with Gasteiger partial charge in [-0.1, -0.05) is 159 Å². The van der Waals surface area contributed by atoms with Crippen LogP contribution in [0.1, 0.15) is 211 Å². The van der Waals surface area contributed by atoms with Gasteiger partial charge in [0, 0.05) is 54.8 Å². The molecular formula is C90H100F10O10S5. The van der Waals surface area contributed by atoms with E-state index in [0.29, 0.717) is 27.8 Å². The molecule has 0 atom stereocenters. The number of benzene rings is 10. The predicted molar refractivity (Wildman–Crippen MR) is 454 cm³/mol. The number of halogens is 10. The number of carbonyl (C=O) groups is 5. The summed E-state index contributed by atoms with van der Waals surface area (Å²) < 4.78 is 92.6. The SMILES string of the molecule is CCCCCc1ccc(C(=O)Oc2ccc(S)c(F)c2)cc1.CCCCCc1ccc(C(=O)Oc2ccc(S)c(F)c2)cc1.CCCCCc1ccc(C(=O)Oc2ccc(S)c(F)c2)cc1.CCCCCc1ccc(C(=O)Oc2ccc(S)c(F)c2)cc1.CCCCCc1ccc(C(=O)Oc2ccc(S)c(F)c2)cc1.F.F.F.F.F. The number of hydrogen-bond acceptors (Lipinski definition) is 15. The van der Waals surface area contributed by atoms with Gasteiger partial charge in [-0.15, -0.1) is 63.1 Å². The Bertz CT molecular complexity index is 3880. The fraction of sp³-hybridized carbons (Fsp3) is 0.278. The van der Waals surface area contributed by atoms with E-state index >= 15 is 0 Å². The van der Waals surface area contributed by atoms with Crippen molar-refractivity contribution in [1.82, 2.24) is 0 Å². The van der Waals surface area contributed by atoms with Crippen molar-refractivity contribution in [1.29, 1.82) is 0 Å². The lowest BCUT2D eigenvalue weighted by molar-refractivity contribution is 0.0724. The molecule has 10 aromatic rings. The average molecular weight is 1690 g/mol. The van der Waals surface area contributed by atoms with Gasteiger partial charge >= 0.3 is 29.8 Å². The van der Waals surface area contributed by atoms with Crippen molar-refractivity contribution in [3.63, 3.8) is 0 Å². The number of unbranched alkanes of at least 4 members (excludes halogenated alkanes) is 10. The molecule has 0 aliphatic rings. The molecule has 620 valence electrons. The number of aryl methyl sites for hydroxylation is 5. The summed E-state index contributed by atoms with van der Waals surface area (Å²) in [5.74, 6) is -4.17. The molecule has 0 aromatic heterocycles. The second-order valence-corrected chi connectivity index (χ2v) is 28.2. The lowest BCUT2D eigenvalue weighted by Crippen LogP contribution is -2.08. The molecule has 0 N–H and O–H groups in total. The topological polar surface area (TPSA) is 132 Å². The highest BCUT2D eigenvalue weighted by atomic mass is 32.1. The molecule has 25 heteroatoms. The Hall–Kier alpha value is -9.40. The minimum Gasteiger partial charge on any atom is -0.423 e. The molecule has 10 nitrogen and oxygen atoms in total. The first-order chi connectivity index (χ1) is 53.0. The van der Waals surface area contributed by atoms with Crippen LogP contribution in [0.15, 0.2) is 237 Å². The van der Waals surface area contributed by atoms with Crippen molar-refractivity contribution in [2.45, 2.75) is 188 Å². The highest BCUT2D eigenvalue weighted by molar-refractivity contribution is 7.81. The number of thiol groups is 5. The van der Waals surface area contributed by atoms with Crippen molar-refractivity contribution < 1.29 is 93.1 Å². The lowest BCUT2D eigenvalue weighted by Gasteiger charge is -2.06. The summed E-state index contributed by atoms with van der Waals surface area (Å²) in [7, 11) is 0. The fourth-order valence-electron chi connectivity index (χ4n) is 10.5. The first kappa shape index (κ1) is 104. The Balaban J connectivity index is 0.000000711. The quantitative estimate of drug-likeness (QED) is 0.00975. The normalized spacial score (nSPS) is 10.0. The van der Waals surface area contributed by atoms with Crippen LogP contribution in [0.25, 0.3) is 0 Å². The highest BCUT2D eigenvalue weighted by Crippen LogP contribution is 2.27. The molecule has 10 aromatic carbocycles. The molecule has 0 saturated heterocycles. The van der Waals surface area contributed by atoms with Gasteiger partial charge in [-0.05, 0) is 213 Å². The number of ether oxygens (including phenoxy) is 5. The van der Waals surface area contributed by atoms with Crippen LogP contribution in [-0.4, -0.2) is 29.8 Å². The standard InChI is InChI=1S/5C18H19FO2S.5FH/c5*1-2-3-4-5-13-6-8-14(9-7-13)18(20)21-15-10-11-17(22)16(19)12-15;;;;;/h5*6-12,22H,2-5H2,1H3;5*1H. The van der Waals surface area contributed by atoms with E-state index in [-0.39, 0.29) is 76.7 Å². The molecule has 115 heavy (non-hydrogen) atoms. The second kappa shape index (κ2) is 56.8. The molecule has 0 saturated carbocycles. The van der Waals surface area contributed by atoms with Crippen molar-refractivity contribution in [2.24, 2.45) is 0 Å². The number of rotatable bonds is 30. The van der Waals surface area contributed by atoms with Crippen LogP contribution in [0.3, 0.4) is 0 Å². The van der Waals surface area contributed by atoms with Crippen LogP contribution in [0.2, 0.25) is 0 Å². The van der Waals surface area contributed by atoms with Gasteiger partial charge in [-0.2, -0.15) is 0 Å². The third kappa shape index (κ3) is 37.8. The van der Waals surface area contributed by atoms with Gasteiger partial charge < -0.3 is 23.7 Å². The summed E-state index contributed by atoms with van der Waals surface area (Å²) in [6.07, 6.45) is 22.8. The largest absolute Gasteiger partial charge is 0.423 e. The van der Waals surface area contributed by atoms with E-state index in [4.69, 9.17) is 23.7 Å². The third-order valence-electron chi connectivity index (χ3n) is 16.9. The van der Waals surface area contributed by atoms with Crippen LogP contribution in [-0.2, 0) is 32.1 Å². The molecule has 0 spiro atoms. The summed E-state index contributed by atoms with van der Waals surface area (Å²) in [5.41, 5.74) is 8.29. The fourth-order valence-corrected chi connectivity index (χ4v) is 11.2. The number of hydrogen-bond donors (Lipinski definition) is 5. The molecule has 0 heterocycles. The maximum Gasteiger partial charge on any atom is 0.343 e. The third-order valence-corrected chi connectivity index (χ3v) is 18.8. The summed E-state index contributed by atoms with van der Waals surface area (Å²) in [4.78, 5) is 61.2. The van der Waals surface area contributed by atoms with E-state index in [1.165, 1.54) is 153 Å². The average Bonchev–Trinajstić information content (AvgIpc) is 0.865. The van der Waals surface area contributed by atoms with Crippen molar-refractivity contribution in [3.05, 3.63) is 297 Å². The van der Waals surface area contributed by atoms with Crippen LogP contribution in [0.4, 0.5) is 45.5 Å². The minimum absolute atomic E-state index is 0. The summed E-state index contributed by atoms with van der Waals surface area (Å²) in [5, 5.41) is 0. The molecule has 0 aliphatic carbocycles. The van der Waals surface area contributed by atoms with Crippen molar-refractivity contribution >= 4 is 93.0 Å². The molecule has 0 unspecified atom stereocenters. The van der Waals surface area contributed by atoms with Crippen molar-refractivity contribution in [3.8, 4) is 28.7 Å². The first-order valence-corrected chi connectivity index (χ1v) is 39.2. The monoisotopic (exact) mass is 1690 g/mol. The molecule has 0 radical (unpaired) electrons. The van der Waals surface area contributed by atoms with E-state index in [1.54, 1.807) is 60.7 Å². The zero-order chi connectivity index (χ0) is 79.7. The summed E-state index contributed by atoms with van der Waals surface area (Å²) >= 11 is 19.7. The molecular weight excluding hydrogens is 1590 g/mol. The zero-order valence-electron chi connectivity index (χ0n) is 64.6. The van der Waals surface area contributed by atoms with Crippen LogP contribution in [0.5, 0.6) is 28.7 Å². The highest BCUT2D eigenvalue weighted by Gasteiger charge is 2.16. The molecule has 0 fully saturated rings. The van der Waals surface area contributed by atoms with Crippen molar-refractivity contribution in [2.75, 3.05) is 0 Å². The van der Waals surface area contributed by atoms with Crippen LogP contribution in [0, 0.1) is 29.1 Å². The van der Waals surface area contributed by atoms with Gasteiger partial charge in [0.05, 0.1) is 27.8 Å². The first-order valence-electron chi connectivity index (χ1n) is 37.0. The van der Waals surface area contributed by atoms with Gasteiger partial charge in [-0.25, -0.2) is 45.9 Å². The maximum absolute atomic E-state index is 13.4. The summed E-state index contributed by atoms with van der Waals surface area (Å²) in [6, 6.07) is 57.4. The summed E-state index contributed by atoms with van der Waals surface area (Å²) in [6.45, 7) is 10.8. The van der Waals surface area contributed by atoms with E-state index in [9.17, 15) is 45.9 Å². The number of esters is 5. The Morgan fingerprint density at radius 1 is 0.226 bits per heavy atom. The molecule has 0 aliphatic heterocycles. The van der Waals surface area contributed by atoms with E-state index in [1.807, 2.05) is 60.7 Å². The lowest BCUT2D eigenvalue weighted by atomic mass is 10.1. The maximum atomic E-state index is 13.4. The second-order valence-electron chi connectivity index (χ2n) is 25.8. The van der Waals surface area contributed by atoms with Gasteiger partial charge in [-0.3, -0.25) is 23.5 Å². The molecule has 10 rings (SSSR count). The minimum atomic E-state index is -0.514. The predicted octanol–water partition coefficient (Wildman–Crippen LogP) is 26.1. The zero-order valence-corrected chi connectivity index (χ0v) is 69.1. The van der Waals surface area contributed by atoms with Crippen LogP contribution >= 0.6 is 63.1 Å². The van der Waals surface area contributed by atoms with E-state index < -0.39 is 58.9 Å². The van der Waals surface area contributed by atoms with Crippen LogP contribution < -0.4 is 23.7 Å². The number of carbonyl (C=O) groups excluding carboxylic acids is 5. The smallest absolute Gasteiger partial charge is 0.343 e. The van der Waals surface area contributed by atoms with E-state index in [2.05, 4.69) is 97.8 Å². The Morgan fingerprint density at radius 3 is 0.487 bits per heavy atom. The molecule has 0 amide bonds. The Kier molecular flexibility index (Phi) is 51.2. The van der Waals surface area contributed by atoms with Gasteiger partial charge in [0.2, 0.25) is 0 Å². The Labute approximate surface area is 695 Å². The Morgan fingerprint density at radius 2 is 0.365 bits per heavy atom.